The van der Waals surface area contributed by atoms with Crippen molar-refractivity contribution in [3.8, 4) is 0 Å². The Morgan fingerprint density at radius 1 is 1.26 bits per heavy atom. The molecule has 1 aliphatic rings. The third-order valence-corrected chi connectivity index (χ3v) is 4.72. The molecule has 0 aromatic rings. The Hall–Kier alpha value is -0.120. The minimum Gasteiger partial charge on any atom is -0.396 e. The maximum atomic E-state index is 9.03. The average molecular weight is 270 g/mol. The topological polar surface area (TPSA) is 35.5 Å². The first-order valence-corrected chi connectivity index (χ1v) is 8.27. The first kappa shape index (κ1) is 16.9. The number of hydrogen-bond acceptors (Lipinski definition) is 3. The van der Waals surface area contributed by atoms with E-state index in [2.05, 4.69) is 31.0 Å². The largest absolute Gasteiger partial charge is 0.396 e. The molecule has 19 heavy (non-hydrogen) atoms. The van der Waals surface area contributed by atoms with Crippen LogP contribution >= 0.6 is 0 Å². The lowest BCUT2D eigenvalue weighted by Crippen LogP contribution is -2.43. The normalized spacial score (nSPS) is 21.5. The average Bonchev–Trinajstić information content (AvgIpc) is 2.44. The zero-order chi connectivity index (χ0) is 14.1. The fraction of sp³-hybridized carbons (Fsp3) is 1.00. The van der Waals surface area contributed by atoms with Gasteiger partial charge in [0.05, 0.1) is 0 Å². The van der Waals surface area contributed by atoms with Crippen molar-refractivity contribution in [3.05, 3.63) is 0 Å². The van der Waals surface area contributed by atoms with Crippen molar-refractivity contribution in [1.82, 2.24) is 10.2 Å². The van der Waals surface area contributed by atoms with Gasteiger partial charge in [-0.1, -0.05) is 20.3 Å². The van der Waals surface area contributed by atoms with Crippen LogP contribution in [0, 0.1) is 11.8 Å². The first-order chi connectivity index (χ1) is 9.21. The molecule has 3 heteroatoms. The molecule has 0 saturated carbocycles. The quantitative estimate of drug-likeness (QED) is 0.676. The Bertz CT molecular complexity index is 215. The van der Waals surface area contributed by atoms with E-state index in [4.69, 9.17) is 5.11 Å². The van der Waals surface area contributed by atoms with Crippen molar-refractivity contribution in [2.75, 3.05) is 32.8 Å². The molecule has 1 aliphatic heterocycles. The van der Waals surface area contributed by atoms with Crippen LogP contribution < -0.4 is 5.32 Å². The van der Waals surface area contributed by atoms with E-state index in [-0.39, 0.29) is 0 Å². The van der Waals surface area contributed by atoms with Gasteiger partial charge in [0.15, 0.2) is 0 Å². The SMILES string of the molecule is CCCN1CCC(C(C)NCC(CC)CCO)CC1. The van der Waals surface area contributed by atoms with Gasteiger partial charge in [-0.2, -0.15) is 0 Å². The summed E-state index contributed by atoms with van der Waals surface area (Å²) in [6.45, 7) is 12.0. The van der Waals surface area contributed by atoms with E-state index in [0.717, 1.165) is 25.3 Å². The van der Waals surface area contributed by atoms with Crippen molar-refractivity contribution < 1.29 is 5.11 Å². The Morgan fingerprint density at radius 2 is 1.95 bits per heavy atom. The second-order valence-electron chi connectivity index (χ2n) is 6.16. The van der Waals surface area contributed by atoms with Gasteiger partial charge in [0.25, 0.3) is 0 Å². The maximum Gasteiger partial charge on any atom is 0.0434 e. The van der Waals surface area contributed by atoms with Crippen LogP contribution in [0.4, 0.5) is 0 Å². The molecule has 1 fully saturated rings. The molecule has 1 saturated heterocycles. The predicted octanol–water partition coefficient (Wildman–Crippen LogP) is 2.50. The van der Waals surface area contributed by atoms with Crippen LogP contribution in [0.2, 0.25) is 0 Å². The van der Waals surface area contributed by atoms with E-state index in [9.17, 15) is 0 Å². The lowest BCUT2D eigenvalue weighted by molar-refractivity contribution is 0.159. The monoisotopic (exact) mass is 270 g/mol. The molecule has 0 bridgehead atoms. The number of nitrogens with one attached hydrogen (secondary N) is 1. The van der Waals surface area contributed by atoms with Crippen molar-refractivity contribution in [3.63, 3.8) is 0 Å². The highest BCUT2D eigenvalue weighted by Crippen LogP contribution is 2.21. The van der Waals surface area contributed by atoms with Crippen LogP contribution in [0.1, 0.15) is 52.9 Å². The fourth-order valence-electron chi connectivity index (χ4n) is 3.15. The highest BCUT2D eigenvalue weighted by molar-refractivity contribution is 4.80. The second kappa shape index (κ2) is 9.73. The van der Waals surface area contributed by atoms with Gasteiger partial charge in [-0.3, -0.25) is 0 Å². The lowest BCUT2D eigenvalue weighted by Gasteiger charge is -2.35. The van der Waals surface area contributed by atoms with Crippen LogP contribution in [-0.2, 0) is 0 Å². The van der Waals surface area contributed by atoms with E-state index < -0.39 is 0 Å². The van der Waals surface area contributed by atoms with Gasteiger partial charge in [-0.15, -0.1) is 0 Å². The summed E-state index contributed by atoms with van der Waals surface area (Å²) in [6.07, 6.45) is 6.05. The van der Waals surface area contributed by atoms with Gasteiger partial charge >= 0.3 is 0 Å². The summed E-state index contributed by atoms with van der Waals surface area (Å²) in [7, 11) is 0. The molecule has 2 unspecified atom stereocenters. The van der Waals surface area contributed by atoms with Crippen molar-refractivity contribution in [2.24, 2.45) is 11.8 Å². The number of piperidine rings is 1. The molecule has 0 spiro atoms. The highest BCUT2D eigenvalue weighted by atomic mass is 16.3. The molecule has 2 atom stereocenters. The molecule has 3 nitrogen and oxygen atoms in total. The Labute approximate surface area is 119 Å². The number of nitrogens with zero attached hydrogens (tertiary/aromatic N) is 1. The summed E-state index contributed by atoms with van der Waals surface area (Å²) in [4.78, 5) is 2.60. The van der Waals surface area contributed by atoms with E-state index in [1.165, 1.54) is 38.9 Å². The van der Waals surface area contributed by atoms with Crippen LogP contribution in [-0.4, -0.2) is 48.8 Å². The molecule has 2 N–H and O–H groups in total. The lowest BCUT2D eigenvalue weighted by atomic mass is 9.89. The summed E-state index contributed by atoms with van der Waals surface area (Å²) in [5, 5.41) is 12.7. The van der Waals surface area contributed by atoms with Crippen molar-refractivity contribution >= 4 is 0 Å². The van der Waals surface area contributed by atoms with Gasteiger partial charge < -0.3 is 15.3 Å². The highest BCUT2D eigenvalue weighted by Gasteiger charge is 2.23. The zero-order valence-corrected chi connectivity index (χ0v) is 13.2. The smallest absolute Gasteiger partial charge is 0.0434 e. The van der Waals surface area contributed by atoms with Crippen LogP contribution in [0.25, 0.3) is 0 Å². The number of likely N-dealkylation sites (tertiary alicyclic amines) is 1. The van der Waals surface area contributed by atoms with Gasteiger partial charge in [0.2, 0.25) is 0 Å². The zero-order valence-electron chi connectivity index (χ0n) is 13.2. The van der Waals surface area contributed by atoms with E-state index in [0.29, 0.717) is 18.6 Å². The summed E-state index contributed by atoms with van der Waals surface area (Å²) in [5.74, 6) is 1.47. The Balaban J connectivity index is 2.21. The third-order valence-electron chi connectivity index (χ3n) is 4.72. The molecule has 0 amide bonds. The van der Waals surface area contributed by atoms with E-state index in [1.54, 1.807) is 0 Å². The summed E-state index contributed by atoms with van der Waals surface area (Å²) in [5.41, 5.74) is 0. The maximum absolute atomic E-state index is 9.03. The molecular weight excluding hydrogens is 236 g/mol. The van der Waals surface area contributed by atoms with Crippen LogP contribution in [0.3, 0.4) is 0 Å². The van der Waals surface area contributed by atoms with Crippen molar-refractivity contribution in [1.29, 1.82) is 0 Å². The molecule has 1 heterocycles. The van der Waals surface area contributed by atoms with Crippen LogP contribution in [0.5, 0.6) is 0 Å². The van der Waals surface area contributed by atoms with Gasteiger partial charge in [0.1, 0.15) is 0 Å². The number of aliphatic hydroxyl groups excluding tert-OH is 1. The Kier molecular flexibility index (Phi) is 8.67. The molecule has 0 aromatic carbocycles. The summed E-state index contributed by atoms with van der Waals surface area (Å²) < 4.78 is 0. The number of hydrogen-bond donors (Lipinski definition) is 2. The van der Waals surface area contributed by atoms with Gasteiger partial charge in [0, 0.05) is 12.6 Å². The summed E-state index contributed by atoms with van der Waals surface area (Å²) >= 11 is 0. The molecule has 114 valence electrons. The van der Waals surface area contributed by atoms with E-state index >= 15 is 0 Å². The number of rotatable bonds is 9. The van der Waals surface area contributed by atoms with E-state index in [1.807, 2.05) is 0 Å². The van der Waals surface area contributed by atoms with Gasteiger partial charge in [-0.25, -0.2) is 0 Å². The molecule has 0 aromatic heterocycles. The summed E-state index contributed by atoms with van der Waals surface area (Å²) in [6, 6.07) is 0.622. The minimum atomic E-state index is 0.323. The first-order valence-electron chi connectivity index (χ1n) is 8.27. The van der Waals surface area contributed by atoms with Crippen molar-refractivity contribution in [2.45, 2.75) is 58.9 Å². The van der Waals surface area contributed by atoms with Crippen LogP contribution in [0.15, 0.2) is 0 Å². The van der Waals surface area contributed by atoms with Gasteiger partial charge in [-0.05, 0) is 70.6 Å². The standard InChI is InChI=1S/C16H34N2O/c1-4-9-18-10-6-16(7-11-18)14(3)17-13-15(5-2)8-12-19/h14-17,19H,4-13H2,1-3H3. The predicted molar refractivity (Wildman–Crippen MR) is 82.4 cm³/mol. The third kappa shape index (κ3) is 6.24. The minimum absolute atomic E-state index is 0.323. The second-order valence-corrected chi connectivity index (χ2v) is 6.16. The Morgan fingerprint density at radius 3 is 2.47 bits per heavy atom. The molecule has 0 radical (unpaired) electrons. The molecule has 1 rings (SSSR count). The number of aliphatic hydroxyl groups is 1. The molecule has 0 aliphatic carbocycles. The molecular formula is C16H34N2O. The fourth-order valence-corrected chi connectivity index (χ4v) is 3.15.